The van der Waals surface area contributed by atoms with Gasteiger partial charge >= 0.3 is 0 Å². The lowest BCUT2D eigenvalue weighted by Crippen LogP contribution is -2.31. The van der Waals surface area contributed by atoms with Crippen molar-refractivity contribution in [2.45, 2.75) is 123 Å². The van der Waals surface area contributed by atoms with Gasteiger partial charge in [0.2, 0.25) is 0 Å². The molecule has 1 rings (SSSR count). The van der Waals surface area contributed by atoms with Gasteiger partial charge in [0.25, 0.3) is 0 Å². The summed E-state index contributed by atoms with van der Waals surface area (Å²) in [7, 11) is 0. The second kappa shape index (κ2) is 13.9. The summed E-state index contributed by atoms with van der Waals surface area (Å²) in [5.41, 5.74) is 1.71. The van der Waals surface area contributed by atoms with E-state index in [1.54, 1.807) is 0 Å². The average molecular weight is 395 g/mol. The fourth-order valence-corrected chi connectivity index (χ4v) is 5.36. The first-order valence-electron chi connectivity index (χ1n) is 11.7. The number of hydrogen-bond acceptors (Lipinski definition) is 2. The Morgan fingerprint density at radius 3 is 2.19 bits per heavy atom. The summed E-state index contributed by atoms with van der Waals surface area (Å²) >= 11 is 1.88. The van der Waals surface area contributed by atoms with Gasteiger partial charge in [0.1, 0.15) is 5.78 Å². The van der Waals surface area contributed by atoms with E-state index in [0.29, 0.717) is 11.7 Å². The fraction of sp³-hybridized carbons (Fsp3) is 0.880. The van der Waals surface area contributed by atoms with E-state index in [4.69, 9.17) is 0 Å². The summed E-state index contributed by atoms with van der Waals surface area (Å²) in [6.07, 6.45) is 19.3. The lowest BCUT2D eigenvalue weighted by atomic mass is 9.67. The third kappa shape index (κ3) is 10.2. The van der Waals surface area contributed by atoms with Crippen LogP contribution in [0, 0.1) is 11.3 Å². The maximum Gasteiger partial charge on any atom is 0.146 e. The number of Topliss-reactive ketones (excluding diaryl/α,β-unsaturated/α-hetero) is 1. The molecule has 0 amide bonds. The lowest BCUT2D eigenvalue weighted by Gasteiger charge is -2.38. The Hall–Kier alpha value is -0.240. The third-order valence-electron chi connectivity index (χ3n) is 6.47. The number of carbonyl (C=O) groups excluding carboxylic acids is 1. The molecule has 0 aliphatic heterocycles. The van der Waals surface area contributed by atoms with Crippen LogP contribution in [0.3, 0.4) is 0 Å². The van der Waals surface area contributed by atoms with Crippen molar-refractivity contribution in [3.8, 4) is 0 Å². The van der Waals surface area contributed by atoms with Gasteiger partial charge in [-0.1, -0.05) is 90.2 Å². The van der Waals surface area contributed by atoms with Gasteiger partial charge in [-0.05, 0) is 50.2 Å². The van der Waals surface area contributed by atoms with Crippen molar-refractivity contribution in [3.63, 3.8) is 0 Å². The molecule has 0 saturated carbocycles. The first kappa shape index (κ1) is 24.8. The summed E-state index contributed by atoms with van der Waals surface area (Å²) in [4.78, 5) is 12.7. The third-order valence-corrected chi connectivity index (χ3v) is 7.76. The molecular weight excluding hydrogens is 348 g/mol. The number of rotatable bonds is 15. The molecule has 0 bridgehead atoms. The highest BCUT2D eigenvalue weighted by Gasteiger charge is 2.34. The highest BCUT2D eigenvalue weighted by atomic mass is 32.2. The van der Waals surface area contributed by atoms with Crippen LogP contribution in [0.25, 0.3) is 0 Å². The molecule has 2 unspecified atom stereocenters. The largest absolute Gasteiger partial charge is 0.298 e. The Morgan fingerprint density at radius 2 is 1.63 bits per heavy atom. The second-order valence-corrected chi connectivity index (χ2v) is 10.8. The molecule has 27 heavy (non-hydrogen) atoms. The van der Waals surface area contributed by atoms with Crippen LogP contribution in [-0.2, 0) is 4.79 Å². The van der Waals surface area contributed by atoms with Crippen LogP contribution in [0.2, 0.25) is 0 Å². The Morgan fingerprint density at radius 1 is 1.07 bits per heavy atom. The Balaban J connectivity index is 2.09. The zero-order valence-electron chi connectivity index (χ0n) is 18.9. The molecule has 1 aliphatic carbocycles. The molecule has 1 nitrogen and oxygen atoms in total. The molecule has 0 fully saturated rings. The highest BCUT2D eigenvalue weighted by Crippen LogP contribution is 2.43. The van der Waals surface area contributed by atoms with Gasteiger partial charge in [-0.2, -0.15) is 11.8 Å². The van der Waals surface area contributed by atoms with Crippen LogP contribution >= 0.6 is 11.8 Å². The summed E-state index contributed by atoms with van der Waals surface area (Å²) in [5.74, 6) is 2.05. The number of ketones is 1. The second-order valence-electron chi connectivity index (χ2n) is 9.39. The van der Waals surface area contributed by atoms with E-state index in [2.05, 4.69) is 40.7 Å². The van der Waals surface area contributed by atoms with Crippen molar-refractivity contribution in [1.29, 1.82) is 0 Å². The standard InChI is InChI=1S/C25H46OS/c1-6-7-8-9-10-11-12-13-14-15-19-27-22(3)24(26)20-23-21(2)17-16-18-25(23,4)5/h17,22-23H,6-16,18-20H2,1-5H3. The van der Waals surface area contributed by atoms with Crippen LogP contribution in [0.5, 0.6) is 0 Å². The quantitative estimate of drug-likeness (QED) is 0.205. The van der Waals surface area contributed by atoms with Gasteiger partial charge in [0.05, 0.1) is 5.25 Å². The minimum absolute atomic E-state index is 0.161. The summed E-state index contributed by atoms with van der Waals surface area (Å²) in [6.45, 7) is 11.3. The van der Waals surface area contributed by atoms with Crippen molar-refractivity contribution >= 4 is 17.5 Å². The highest BCUT2D eigenvalue weighted by molar-refractivity contribution is 8.00. The Labute approximate surface area is 174 Å². The van der Waals surface area contributed by atoms with E-state index in [-0.39, 0.29) is 10.7 Å². The van der Waals surface area contributed by atoms with E-state index in [0.717, 1.165) is 12.2 Å². The zero-order valence-corrected chi connectivity index (χ0v) is 19.8. The monoisotopic (exact) mass is 394 g/mol. The smallest absolute Gasteiger partial charge is 0.146 e. The molecule has 0 aromatic carbocycles. The molecular formula is C25H46OS. The molecule has 0 aromatic rings. The van der Waals surface area contributed by atoms with Gasteiger partial charge in [-0.15, -0.1) is 0 Å². The number of thioether (sulfide) groups is 1. The van der Waals surface area contributed by atoms with Crippen LogP contribution in [0.15, 0.2) is 11.6 Å². The molecule has 0 spiro atoms. The van der Waals surface area contributed by atoms with Crippen molar-refractivity contribution < 1.29 is 4.79 Å². The molecule has 2 heteroatoms. The topological polar surface area (TPSA) is 17.1 Å². The normalized spacial score (nSPS) is 20.3. The molecule has 2 atom stereocenters. The summed E-state index contributed by atoms with van der Waals surface area (Å²) in [6, 6.07) is 0. The van der Waals surface area contributed by atoms with Crippen LogP contribution in [0.4, 0.5) is 0 Å². The zero-order chi connectivity index (χ0) is 20.1. The van der Waals surface area contributed by atoms with Gasteiger partial charge in [0, 0.05) is 6.42 Å². The van der Waals surface area contributed by atoms with Crippen molar-refractivity contribution in [1.82, 2.24) is 0 Å². The van der Waals surface area contributed by atoms with Gasteiger partial charge in [0.15, 0.2) is 0 Å². The van der Waals surface area contributed by atoms with Crippen molar-refractivity contribution in [3.05, 3.63) is 11.6 Å². The van der Waals surface area contributed by atoms with E-state index in [1.807, 2.05) is 11.8 Å². The van der Waals surface area contributed by atoms with Crippen molar-refractivity contribution in [2.24, 2.45) is 11.3 Å². The molecule has 0 radical (unpaired) electrons. The predicted octanol–water partition coefficient (Wildman–Crippen LogP) is 8.37. The number of allylic oxidation sites excluding steroid dienone is 2. The van der Waals surface area contributed by atoms with Gasteiger partial charge < -0.3 is 0 Å². The first-order valence-corrected chi connectivity index (χ1v) is 12.7. The Bertz CT molecular complexity index is 438. The van der Waals surface area contributed by atoms with Crippen LogP contribution in [-0.4, -0.2) is 16.8 Å². The Kier molecular flexibility index (Phi) is 12.7. The van der Waals surface area contributed by atoms with Gasteiger partial charge in [-0.25, -0.2) is 0 Å². The predicted molar refractivity (Wildman–Crippen MR) is 124 cm³/mol. The van der Waals surface area contributed by atoms with Gasteiger partial charge in [-0.3, -0.25) is 4.79 Å². The van der Waals surface area contributed by atoms with E-state index in [9.17, 15) is 4.79 Å². The molecule has 0 heterocycles. The van der Waals surface area contributed by atoms with E-state index < -0.39 is 0 Å². The van der Waals surface area contributed by atoms with E-state index in [1.165, 1.54) is 82.6 Å². The SMILES string of the molecule is CCCCCCCCCCCCSC(C)C(=O)CC1C(C)=CCCC1(C)C. The summed E-state index contributed by atoms with van der Waals surface area (Å²) < 4.78 is 0. The minimum atomic E-state index is 0.161. The number of carbonyl (C=O) groups is 1. The first-order chi connectivity index (χ1) is 12.9. The molecule has 1 aliphatic rings. The number of hydrogen-bond donors (Lipinski definition) is 0. The van der Waals surface area contributed by atoms with Crippen molar-refractivity contribution in [2.75, 3.05) is 5.75 Å². The molecule has 0 aromatic heterocycles. The average Bonchev–Trinajstić information content (AvgIpc) is 2.62. The van der Waals surface area contributed by atoms with Crippen LogP contribution < -0.4 is 0 Å². The number of unbranched alkanes of at least 4 members (excludes halogenated alkanes) is 9. The summed E-state index contributed by atoms with van der Waals surface area (Å²) in [5, 5.41) is 0.161. The minimum Gasteiger partial charge on any atom is -0.298 e. The van der Waals surface area contributed by atoms with E-state index >= 15 is 0 Å². The molecule has 0 saturated heterocycles. The van der Waals surface area contributed by atoms with Crippen LogP contribution in [0.1, 0.15) is 118 Å². The fourth-order valence-electron chi connectivity index (χ4n) is 4.35. The maximum atomic E-state index is 12.7. The molecule has 0 N–H and O–H groups in total. The molecule has 158 valence electrons. The lowest BCUT2D eigenvalue weighted by molar-refractivity contribution is -0.119. The maximum absolute atomic E-state index is 12.7.